The molecule has 0 bridgehead atoms. The number of hydrogen-bond donors (Lipinski definition) is 2. The molecular formula is C2H5IN4. The summed E-state index contributed by atoms with van der Waals surface area (Å²) in [7, 11) is 1.72. The summed E-state index contributed by atoms with van der Waals surface area (Å²) >= 11 is 1.93. The second-order valence-electron chi connectivity index (χ2n) is 0.741. The smallest absolute Gasteiger partial charge is 0.188 e. The van der Waals surface area contributed by atoms with Crippen LogP contribution >= 0.6 is 22.6 Å². The SMILES string of the molecule is CN/C(I)=N\N=N. The molecule has 0 aromatic rings. The van der Waals surface area contributed by atoms with E-state index >= 15 is 0 Å². The Bertz CT molecular complexity index is 87.7. The summed E-state index contributed by atoms with van der Waals surface area (Å²) in [6.07, 6.45) is 0. The van der Waals surface area contributed by atoms with E-state index in [4.69, 9.17) is 5.53 Å². The van der Waals surface area contributed by atoms with Crippen molar-refractivity contribution in [2.24, 2.45) is 10.3 Å². The van der Waals surface area contributed by atoms with Crippen LogP contribution in [0.15, 0.2) is 10.3 Å². The first-order valence-electron chi connectivity index (χ1n) is 1.59. The zero-order chi connectivity index (χ0) is 5.70. The fourth-order valence-electron chi connectivity index (χ4n) is 0.0939. The Balaban J connectivity index is 3.49. The third-order valence-electron chi connectivity index (χ3n) is 0.344. The fourth-order valence-corrected chi connectivity index (χ4v) is 0.202. The molecule has 0 aromatic heterocycles. The largest absolute Gasteiger partial charge is 0.367 e. The molecule has 7 heavy (non-hydrogen) atoms. The summed E-state index contributed by atoms with van der Waals surface area (Å²) < 4.78 is 0.618. The van der Waals surface area contributed by atoms with Crippen LogP contribution in [-0.2, 0) is 0 Å². The third-order valence-corrected chi connectivity index (χ3v) is 1.10. The van der Waals surface area contributed by atoms with Crippen molar-refractivity contribution in [2.45, 2.75) is 0 Å². The van der Waals surface area contributed by atoms with Crippen molar-refractivity contribution in [3.05, 3.63) is 0 Å². The van der Waals surface area contributed by atoms with Crippen LogP contribution in [0.25, 0.3) is 0 Å². The van der Waals surface area contributed by atoms with Gasteiger partial charge >= 0.3 is 0 Å². The normalized spacial score (nSPS) is 10.9. The molecule has 2 N–H and O–H groups in total. The van der Waals surface area contributed by atoms with Gasteiger partial charge in [-0.25, -0.2) is 0 Å². The second-order valence-corrected chi connectivity index (χ2v) is 1.76. The van der Waals surface area contributed by atoms with Gasteiger partial charge in [0.05, 0.1) is 0 Å². The highest BCUT2D eigenvalue weighted by Crippen LogP contribution is 1.83. The second kappa shape index (κ2) is 3.97. The minimum atomic E-state index is 0.618. The van der Waals surface area contributed by atoms with Gasteiger partial charge in [0.2, 0.25) is 0 Å². The molecule has 0 spiro atoms. The standard InChI is InChI=1S/C2H5IN4/c1-5-2(3)6-7-4/h1H3,(H2,4,5,6). The number of nitrogens with one attached hydrogen (secondary N) is 2. The molecule has 0 saturated carbocycles. The van der Waals surface area contributed by atoms with Crippen LogP contribution in [0.1, 0.15) is 0 Å². The van der Waals surface area contributed by atoms with Crippen molar-refractivity contribution in [1.82, 2.24) is 5.32 Å². The van der Waals surface area contributed by atoms with E-state index in [9.17, 15) is 0 Å². The van der Waals surface area contributed by atoms with Gasteiger partial charge in [-0.2, -0.15) is 5.53 Å². The molecule has 0 aromatic carbocycles. The molecule has 0 fully saturated rings. The van der Waals surface area contributed by atoms with Gasteiger partial charge < -0.3 is 5.32 Å². The Morgan fingerprint density at radius 2 is 2.43 bits per heavy atom. The van der Waals surface area contributed by atoms with Crippen molar-refractivity contribution in [1.29, 1.82) is 5.53 Å². The van der Waals surface area contributed by atoms with E-state index in [1.165, 1.54) is 0 Å². The van der Waals surface area contributed by atoms with E-state index in [2.05, 4.69) is 15.6 Å². The Kier molecular flexibility index (Phi) is 3.86. The molecule has 0 atom stereocenters. The zero-order valence-corrected chi connectivity index (χ0v) is 5.93. The first kappa shape index (κ1) is 6.80. The fraction of sp³-hybridized carbons (Fsp3) is 0.500. The summed E-state index contributed by atoms with van der Waals surface area (Å²) in [6.45, 7) is 0. The topological polar surface area (TPSA) is 60.6 Å². The first-order valence-corrected chi connectivity index (χ1v) is 2.66. The van der Waals surface area contributed by atoms with Gasteiger partial charge in [-0.05, 0) is 0 Å². The molecule has 0 radical (unpaired) electrons. The van der Waals surface area contributed by atoms with E-state index in [0.717, 1.165) is 0 Å². The van der Waals surface area contributed by atoms with Crippen LogP contribution in [0.4, 0.5) is 0 Å². The van der Waals surface area contributed by atoms with Gasteiger partial charge in [0, 0.05) is 29.6 Å². The monoisotopic (exact) mass is 212 g/mol. The summed E-state index contributed by atoms with van der Waals surface area (Å²) in [4.78, 5) is 0. The molecule has 0 unspecified atom stereocenters. The van der Waals surface area contributed by atoms with E-state index in [1.807, 2.05) is 22.6 Å². The minimum absolute atomic E-state index is 0.618. The lowest BCUT2D eigenvalue weighted by Gasteiger charge is -1.86. The molecule has 0 amide bonds. The van der Waals surface area contributed by atoms with Gasteiger partial charge in [0.15, 0.2) is 3.84 Å². The van der Waals surface area contributed by atoms with E-state index in [-0.39, 0.29) is 0 Å². The molecule has 0 rings (SSSR count). The minimum Gasteiger partial charge on any atom is -0.367 e. The maximum Gasteiger partial charge on any atom is 0.188 e. The predicted octanol–water partition coefficient (Wildman–Crippen LogP) is 0.943. The maximum atomic E-state index is 6.23. The summed E-state index contributed by atoms with van der Waals surface area (Å²) in [5.74, 6) is 0. The summed E-state index contributed by atoms with van der Waals surface area (Å²) in [5, 5.41) is 8.79. The van der Waals surface area contributed by atoms with Crippen LogP contribution in [0, 0.1) is 5.53 Å². The Labute approximate surface area is 55.0 Å². The summed E-state index contributed by atoms with van der Waals surface area (Å²) in [5.41, 5.74) is 6.23. The third kappa shape index (κ3) is 3.64. The Morgan fingerprint density at radius 1 is 1.86 bits per heavy atom. The lowest BCUT2D eigenvalue weighted by Crippen LogP contribution is -2.08. The van der Waals surface area contributed by atoms with E-state index in [0.29, 0.717) is 3.84 Å². The summed E-state index contributed by atoms with van der Waals surface area (Å²) in [6, 6.07) is 0. The molecule has 0 aliphatic heterocycles. The highest BCUT2D eigenvalue weighted by atomic mass is 127. The Hall–Kier alpha value is -0.200. The average molecular weight is 212 g/mol. The highest BCUT2D eigenvalue weighted by Gasteiger charge is 1.78. The molecule has 4 nitrogen and oxygen atoms in total. The molecule has 5 heteroatoms. The van der Waals surface area contributed by atoms with Gasteiger partial charge in [0.25, 0.3) is 0 Å². The molecule has 0 saturated heterocycles. The Morgan fingerprint density at radius 3 is 2.57 bits per heavy atom. The lowest BCUT2D eigenvalue weighted by atomic mass is 11.2. The highest BCUT2D eigenvalue weighted by molar-refractivity contribution is 14.1. The molecule has 0 aliphatic carbocycles. The van der Waals surface area contributed by atoms with Crippen molar-refractivity contribution in [3.63, 3.8) is 0 Å². The van der Waals surface area contributed by atoms with Crippen LogP contribution in [0.3, 0.4) is 0 Å². The molecule has 0 heterocycles. The lowest BCUT2D eigenvalue weighted by molar-refractivity contribution is 0.979. The number of halogens is 1. The van der Waals surface area contributed by atoms with Crippen LogP contribution < -0.4 is 5.32 Å². The van der Waals surface area contributed by atoms with Gasteiger partial charge in [0.1, 0.15) is 0 Å². The van der Waals surface area contributed by atoms with Crippen LogP contribution in [-0.4, -0.2) is 10.9 Å². The zero-order valence-electron chi connectivity index (χ0n) is 3.77. The van der Waals surface area contributed by atoms with Crippen LogP contribution in [0.2, 0.25) is 0 Å². The van der Waals surface area contributed by atoms with Gasteiger partial charge in [-0.1, -0.05) is 5.22 Å². The van der Waals surface area contributed by atoms with Crippen molar-refractivity contribution >= 4 is 26.4 Å². The maximum absolute atomic E-state index is 6.23. The van der Waals surface area contributed by atoms with Crippen molar-refractivity contribution < 1.29 is 0 Å². The first-order chi connectivity index (χ1) is 3.31. The van der Waals surface area contributed by atoms with Gasteiger partial charge in [-0.15, -0.1) is 5.10 Å². The number of amidine groups is 1. The van der Waals surface area contributed by atoms with Crippen molar-refractivity contribution in [3.8, 4) is 0 Å². The van der Waals surface area contributed by atoms with Crippen molar-refractivity contribution in [2.75, 3.05) is 7.05 Å². The predicted molar refractivity (Wildman–Crippen MR) is 35.7 cm³/mol. The van der Waals surface area contributed by atoms with Gasteiger partial charge in [-0.3, -0.25) is 0 Å². The molecular weight excluding hydrogens is 207 g/mol. The molecule has 40 valence electrons. The van der Waals surface area contributed by atoms with Crippen LogP contribution in [0.5, 0.6) is 0 Å². The quantitative estimate of drug-likeness (QED) is 0.167. The number of rotatable bonds is 1. The van der Waals surface area contributed by atoms with E-state index < -0.39 is 0 Å². The number of nitrogens with zero attached hydrogens (tertiary/aromatic N) is 2. The average Bonchev–Trinajstić information content (AvgIpc) is 1.68. The van der Waals surface area contributed by atoms with E-state index in [1.54, 1.807) is 7.05 Å². The molecule has 0 aliphatic rings. The number of hydrogen-bond acceptors (Lipinski definition) is 2.